The van der Waals surface area contributed by atoms with Gasteiger partial charge in [0.1, 0.15) is 25.0 Å². The normalized spacial score (nSPS) is 14.3. The number of nitrogens with zero attached hydrogens (tertiary/aromatic N) is 3. The van der Waals surface area contributed by atoms with E-state index in [1.165, 1.54) is 17.3 Å². The van der Waals surface area contributed by atoms with Crippen LogP contribution in [0.3, 0.4) is 0 Å². The van der Waals surface area contributed by atoms with Crippen LogP contribution in [0, 0.1) is 6.92 Å². The summed E-state index contributed by atoms with van der Waals surface area (Å²) in [5, 5.41) is 9.28. The first-order chi connectivity index (χ1) is 19.4. The lowest BCUT2D eigenvalue weighted by Gasteiger charge is -2.28. The predicted molar refractivity (Wildman–Crippen MR) is 159 cm³/mol. The van der Waals surface area contributed by atoms with Crippen molar-refractivity contribution in [2.24, 2.45) is 0 Å². The molecule has 0 bridgehead atoms. The van der Waals surface area contributed by atoms with Crippen LogP contribution in [0.2, 0.25) is 5.02 Å². The standard InChI is InChI=1S/C31H29ClN4O3S/c1-4-17-38-29(37)27-21(3)33-30-34-31(40-19-24-11-7-8-12-26(24)32)35-36(30)28(27)22-13-15-25(16-14-22)39-18-23-10-6-5-9-20(23)2/h4-16,28H,1,17-19H2,2-3H3,(H,33,34,35). The number of allylic oxidation sites excluding steroid dienone is 1. The van der Waals surface area contributed by atoms with Gasteiger partial charge in [-0.25, -0.2) is 9.48 Å². The molecule has 0 saturated carbocycles. The third-order valence-corrected chi connectivity index (χ3v) is 7.81. The van der Waals surface area contributed by atoms with Gasteiger partial charge in [0.05, 0.1) is 5.57 Å². The molecule has 9 heteroatoms. The van der Waals surface area contributed by atoms with E-state index in [1.54, 1.807) is 10.8 Å². The smallest absolute Gasteiger partial charge is 0.338 e. The summed E-state index contributed by atoms with van der Waals surface area (Å²) in [7, 11) is 0. The van der Waals surface area contributed by atoms with Gasteiger partial charge in [-0.3, -0.25) is 0 Å². The molecular weight excluding hydrogens is 544 g/mol. The van der Waals surface area contributed by atoms with Crippen LogP contribution in [0.15, 0.2) is 102 Å². The zero-order chi connectivity index (χ0) is 28.1. The Kier molecular flexibility index (Phi) is 8.57. The third kappa shape index (κ3) is 6.08. The highest BCUT2D eigenvalue weighted by molar-refractivity contribution is 7.98. The van der Waals surface area contributed by atoms with Crippen molar-refractivity contribution >= 4 is 35.3 Å². The zero-order valence-corrected chi connectivity index (χ0v) is 23.8. The average molecular weight is 573 g/mol. The van der Waals surface area contributed by atoms with Crippen molar-refractivity contribution in [2.45, 2.75) is 37.4 Å². The van der Waals surface area contributed by atoms with E-state index >= 15 is 0 Å². The number of aromatic nitrogens is 3. The SMILES string of the molecule is C=CCOC(=O)C1=C(C)Nc2nc(SCc3ccccc3Cl)nn2C1c1ccc(OCc2ccccc2C)cc1. The van der Waals surface area contributed by atoms with Gasteiger partial charge in [0.25, 0.3) is 0 Å². The lowest BCUT2D eigenvalue weighted by atomic mass is 9.96. The lowest BCUT2D eigenvalue weighted by molar-refractivity contribution is -0.138. The summed E-state index contributed by atoms with van der Waals surface area (Å²) in [5.74, 6) is 1.44. The maximum Gasteiger partial charge on any atom is 0.338 e. The van der Waals surface area contributed by atoms with Gasteiger partial charge in [0, 0.05) is 16.5 Å². The molecule has 204 valence electrons. The number of hydrogen-bond acceptors (Lipinski definition) is 7. The Morgan fingerprint density at radius 2 is 1.80 bits per heavy atom. The van der Waals surface area contributed by atoms with Gasteiger partial charge in [0.15, 0.2) is 0 Å². The number of carbonyl (C=O) groups is 1. The highest BCUT2D eigenvalue weighted by Crippen LogP contribution is 2.38. The first-order valence-corrected chi connectivity index (χ1v) is 14.2. The van der Waals surface area contributed by atoms with Crippen molar-refractivity contribution in [3.8, 4) is 5.75 Å². The maximum atomic E-state index is 13.2. The van der Waals surface area contributed by atoms with Crippen molar-refractivity contribution in [1.82, 2.24) is 14.8 Å². The van der Waals surface area contributed by atoms with Gasteiger partial charge >= 0.3 is 5.97 Å². The Bertz CT molecular complexity index is 1570. The number of thioether (sulfide) groups is 1. The second-order valence-corrected chi connectivity index (χ2v) is 10.6. The number of aryl methyl sites for hydroxylation is 1. The van der Waals surface area contributed by atoms with Crippen LogP contribution in [-0.2, 0) is 21.9 Å². The minimum atomic E-state index is -0.541. The van der Waals surface area contributed by atoms with Crippen molar-refractivity contribution in [2.75, 3.05) is 11.9 Å². The number of anilines is 1. The summed E-state index contributed by atoms with van der Waals surface area (Å²) >= 11 is 7.82. The Labute approximate surface area is 242 Å². The van der Waals surface area contributed by atoms with Crippen LogP contribution in [0.1, 0.15) is 35.2 Å². The van der Waals surface area contributed by atoms with E-state index in [0.717, 1.165) is 22.4 Å². The summed E-state index contributed by atoms with van der Waals surface area (Å²) in [4.78, 5) is 17.9. The first kappa shape index (κ1) is 27.6. The molecule has 0 amide bonds. The van der Waals surface area contributed by atoms with Crippen molar-refractivity contribution in [3.05, 3.63) is 124 Å². The van der Waals surface area contributed by atoms with E-state index in [2.05, 4.69) is 31.0 Å². The molecule has 1 unspecified atom stereocenters. The van der Waals surface area contributed by atoms with Crippen LogP contribution in [0.5, 0.6) is 5.75 Å². The van der Waals surface area contributed by atoms with Gasteiger partial charge < -0.3 is 14.8 Å². The Morgan fingerprint density at radius 1 is 1.07 bits per heavy atom. The molecule has 0 radical (unpaired) electrons. The summed E-state index contributed by atoms with van der Waals surface area (Å²) in [5.41, 5.74) is 5.26. The number of benzene rings is 3. The van der Waals surface area contributed by atoms with Crippen LogP contribution in [0.4, 0.5) is 5.95 Å². The molecule has 0 fully saturated rings. The molecule has 1 atom stereocenters. The van der Waals surface area contributed by atoms with Gasteiger partial charge in [-0.2, -0.15) is 4.98 Å². The van der Waals surface area contributed by atoms with E-state index in [0.29, 0.717) is 39.8 Å². The van der Waals surface area contributed by atoms with Crippen molar-refractivity contribution in [1.29, 1.82) is 0 Å². The Morgan fingerprint density at radius 3 is 2.52 bits per heavy atom. The number of ether oxygens (including phenoxy) is 2. The fourth-order valence-electron chi connectivity index (χ4n) is 4.41. The molecular formula is C31H29ClN4O3S. The molecule has 1 N–H and O–H groups in total. The highest BCUT2D eigenvalue weighted by Gasteiger charge is 2.35. The number of carbonyl (C=O) groups excluding carboxylic acids is 1. The molecule has 1 aromatic heterocycles. The van der Waals surface area contributed by atoms with Crippen molar-refractivity contribution < 1.29 is 14.3 Å². The summed E-state index contributed by atoms with van der Waals surface area (Å²) in [6.07, 6.45) is 1.55. The average Bonchev–Trinajstić information content (AvgIpc) is 3.37. The summed E-state index contributed by atoms with van der Waals surface area (Å²) < 4.78 is 13.2. The van der Waals surface area contributed by atoms with E-state index < -0.39 is 12.0 Å². The number of halogens is 1. The topological polar surface area (TPSA) is 78.3 Å². The molecule has 7 nitrogen and oxygen atoms in total. The van der Waals surface area contributed by atoms with Gasteiger partial charge in [0.2, 0.25) is 11.1 Å². The van der Waals surface area contributed by atoms with E-state index in [9.17, 15) is 4.79 Å². The third-order valence-electron chi connectivity index (χ3n) is 6.55. The number of esters is 1. The predicted octanol–water partition coefficient (Wildman–Crippen LogP) is 7.13. The molecule has 4 aromatic rings. The summed E-state index contributed by atoms with van der Waals surface area (Å²) in [6.45, 7) is 8.14. The first-order valence-electron chi connectivity index (χ1n) is 12.8. The number of fused-ring (bicyclic) bond motifs is 1. The second-order valence-electron chi connectivity index (χ2n) is 9.28. The van der Waals surface area contributed by atoms with Crippen LogP contribution < -0.4 is 10.1 Å². The molecule has 1 aliphatic rings. The fraction of sp³-hybridized carbons (Fsp3) is 0.194. The quantitative estimate of drug-likeness (QED) is 0.123. The van der Waals surface area contributed by atoms with Gasteiger partial charge in [-0.1, -0.05) is 90.6 Å². The van der Waals surface area contributed by atoms with Crippen LogP contribution in [-0.4, -0.2) is 27.3 Å². The molecule has 5 rings (SSSR count). The van der Waals surface area contributed by atoms with Crippen LogP contribution in [0.25, 0.3) is 0 Å². The number of rotatable bonds is 10. The molecule has 1 aliphatic heterocycles. The highest BCUT2D eigenvalue weighted by atomic mass is 35.5. The molecule has 0 saturated heterocycles. The van der Waals surface area contributed by atoms with Crippen molar-refractivity contribution in [3.63, 3.8) is 0 Å². The van der Waals surface area contributed by atoms with E-state index in [4.69, 9.17) is 31.2 Å². The second kappa shape index (κ2) is 12.4. The Balaban J connectivity index is 1.42. The van der Waals surface area contributed by atoms with Crippen LogP contribution >= 0.6 is 23.4 Å². The number of hydrogen-bond donors (Lipinski definition) is 1. The van der Waals surface area contributed by atoms with E-state index in [1.807, 2.05) is 67.6 Å². The fourth-order valence-corrected chi connectivity index (χ4v) is 5.53. The molecule has 3 aromatic carbocycles. The largest absolute Gasteiger partial charge is 0.489 e. The minimum Gasteiger partial charge on any atom is -0.489 e. The van der Waals surface area contributed by atoms with Gasteiger partial charge in [-0.15, -0.1) is 5.10 Å². The molecule has 0 aliphatic carbocycles. The maximum absolute atomic E-state index is 13.2. The monoisotopic (exact) mass is 572 g/mol. The molecule has 40 heavy (non-hydrogen) atoms. The zero-order valence-electron chi connectivity index (χ0n) is 22.3. The lowest BCUT2D eigenvalue weighted by Crippen LogP contribution is -2.29. The Hall–Kier alpha value is -4.01. The number of nitrogens with one attached hydrogen (secondary N) is 1. The van der Waals surface area contributed by atoms with Gasteiger partial charge in [-0.05, 0) is 54.3 Å². The minimum absolute atomic E-state index is 0.108. The molecule has 0 spiro atoms. The molecule has 2 heterocycles. The summed E-state index contributed by atoms with van der Waals surface area (Å²) in [6, 6.07) is 23.0. The van der Waals surface area contributed by atoms with E-state index in [-0.39, 0.29) is 6.61 Å².